The minimum atomic E-state index is -0.480. The Morgan fingerprint density at radius 2 is 2.50 bits per heavy atom. The normalized spacial score (nSPS) is 9.33. The molecular formula is C7H10N2O3. The highest BCUT2D eigenvalue weighted by Gasteiger charge is 2.00. The van der Waals surface area contributed by atoms with E-state index in [1.165, 1.54) is 0 Å². The zero-order chi connectivity index (χ0) is 9.23. The van der Waals surface area contributed by atoms with Gasteiger partial charge in [0.1, 0.15) is 12.3 Å². The maximum atomic E-state index is 10.7. The molecule has 0 saturated heterocycles. The van der Waals surface area contributed by atoms with Crippen molar-refractivity contribution >= 4 is 12.2 Å². The van der Waals surface area contributed by atoms with Gasteiger partial charge in [-0.3, -0.25) is 0 Å². The van der Waals surface area contributed by atoms with Crippen LogP contribution >= 0.6 is 0 Å². The highest BCUT2D eigenvalue weighted by atomic mass is 16.6. The van der Waals surface area contributed by atoms with Gasteiger partial charge in [-0.15, -0.1) is 0 Å². The molecule has 0 heterocycles. The molecule has 0 aliphatic rings. The van der Waals surface area contributed by atoms with Crippen molar-refractivity contribution in [1.82, 2.24) is 0 Å². The Hall–Kier alpha value is -1.57. The zero-order valence-corrected chi connectivity index (χ0v) is 6.82. The summed E-state index contributed by atoms with van der Waals surface area (Å²) in [6.07, 6.45) is 1.67. The average molecular weight is 170 g/mol. The fraction of sp³-hybridized carbons (Fsp3) is 0.571. The third kappa shape index (κ3) is 6.55. The summed E-state index contributed by atoms with van der Waals surface area (Å²) in [5.74, 6) is -0.480. The van der Waals surface area contributed by atoms with E-state index in [0.717, 1.165) is 12.6 Å². The predicted molar refractivity (Wildman–Crippen MR) is 41.3 cm³/mol. The van der Waals surface area contributed by atoms with Crippen LogP contribution in [0.25, 0.3) is 0 Å². The van der Waals surface area contributed by atoms with Crippen LogP contribution in [0.3, 0.4) is 0 Å². The maximum absolute atomic E-state index is 10.7. The number of oxime groups is 1. The van der Waals surface area contributed by atoms with Crippen molar-refractivity contribution < 1.29 is 14.4 Å². The molecule has 0 aromatic carbocycles. The van der Waals surface area contributed by atoms with Crippen LogP contribution in [0.2, 0.25) is 0 Å². The van der Waals surface area contributed by atoms with Crippen LogP contribution in [0.1, 0.15) is 13.3 Å². The number of carbonyl (C=O) groups excluding carboxylic acids is 1. The van der Waals surface area contributed by atoms with Gasteiger partial charge in [0.2, 0.25) is 6.61 Å². The summed E-state index contributed by atoms with van der Waals surface area (Å²) < 4.78 is 4.65. The van der Waals surface area contributed by atoms with Crippen molar-refractivity contribution in [3.05, 3.63) is 0 Å². The molecular weight excluding hydrogens is 160 g/mol. The molecule has 0 fully saturated rings. The van der Waals surface area contributed by atoms with E-state index < -0.39 is 5.97 Å². The summed E-state index contributed by atoms with van der Waals surface area (Å²) in [5.41, 5.74) is 0. The molecule has 0 aromatic heterocycles. The van der Waals surface area contributed by atoms with Crippen LogP contribution in [0.15, 0.2) is 5.16 Å². The molecule has 0 radical (unpaired) electrons. The molecule has 0 atom stereocenters. The number of hydrogen-bond donors (Lipinski definition) is 0. The smallest absolute Gasteiger partial charge is 0.347 e. The van der Waals surface area contributed by atoms with E-state index in [4.69, 9.17) is 5.26 Å². The summed E-state index contributed by atoms with van der Waals surface area (Å²) in [6.45, 7) is 2.02. The van der Waals surface area contributed by atoms with Gasteiger partial charge in [0.05, 0.1) is 6.61 Å². The lowest BCUT2D eigenvalue weighted by molar-refractivity contribution is -0.148. The Labute approximate surface area is 70.6 Å². The van der Waals surface area contributed by atoms with Crippen molar-refractivity contribution in [1.29, 1.82) is 5.26 Å². The first kappa shape index (κ1) is 10.4. The third-order valence-corrected chi connectivity index (χ3v) is 0.835. The minimum absolute atomic E-state index is 0.252. The lowest BCUT2D eigenvalue weighted by atomic mass is 10.5. The Morgan fingerprint density at radius 1 is 1.75 bits per heavy atom. The fourth-order valence-corrected chi connectivity index (χ4v) is 0.408. The SMILES string of the molecule is CCCOC(=O)CON=CC#N. The van der Waals surface area contributed by atoms with E-state index in [-0.39, 0.29) is 6.61 Å². The molecule has 0 amide bonds. The van der Waals surface area contributed by atoms with Crippen LogP contribution in [-0.2, 0) is 14.4 Å². The summed E-state index contributed by atoms with van der Waals surface area (Å²) in [6, 6.07) is 1.62. The topological polar surface area (TPSA) is 71.7 Å². The molecule has 12 heavy (non-hydrogen) atoms. The van der Waals surface area contributed by atoms with Gasteiger partial charge in [0.15, 0.2) is 0 Å². The summed E-state index contributed by atoms with van der Waals surface area (Å²) in [5, 5.41) is 11.1. The maximum Gasteiger partial charge on any atom is 0.347 e. The van der Waals surface area contributed by atoms with Crippen LogP contribution < -0.4 is 0 Å². The number of nitrogens with zero attached hydrogens (tertiary/aromatic N) is 2. The zero-order valence-electron chi connectivity index (χ0n) is 6.82. The average Bonchev–Trinajstić information content (AvgIpc) is 2.09. The largest absolute Gasteiger partial charge is 0.463 e. The molecule has 0 spiro atoms. The van der Waals surface area contributed by atoms with Gasteiger partial charge in [-0.1, -0.05) is 12.1 Å². The number of esters is 1. The molecule has 0 aromatic rings. The van der Waals surface area contributed by atoms with Gasteiger partial charge < -0.3 is 9.57 Å². The van der Waals surface area contributed by atoms with Gasteiger partial charge in [0.25, 0.3) is 0 Å². The van der Waals surface area contributed by atoms with Crippen LogP contribution in [-0.4, -0.2) is 25.4 Å². The van der Waals surface area contributed by atoms with Crippen LogP contribution in [0.5, 0.6) is 0 Å². The summed E-state index contributed by atoms with van der Waals surface area (Å²) in [4.78, 5) is 15.1. The highest BCUT2D eigenvalue weighted by Crippen LogP contribution is 1.84. The number of carbonyl (C=O) groups is 1. The number of hydrogen-bond acceptors (Lipinski definition) is 5. The molecule has 66 valence electrons. The van der Waals surface area contributed by atoms with Crippen LogP contribution in [0, 0.1) is 11.3 Å². The number of rotatable bonds is 5. The molecule has 0 bridgehead atoms. The third-order valence-electron chi connectivity index (χ3n) is 0.835. The monoisotopic (exact) mass is 170 g/mol. The van der Waals surface area contributed by atoms with E-state index in [9.17, 15) is 4.79 Å². The Balaban J connectivity index is 3.33. The first-order chi connectivity index (χ1) is 5.81. The van der Waals surface area contributed by atoms with Crippen molar-refractivity contribution in [2.75, 3.05) is 13.2 Å². The highest BCUT2D eigenvalue weighted by molar-refractivity contribution is 5.74. The molecule has 0 unspecified atom stereocenters. The standard InChI is InChI=1S/C7H10N2O3/c1-2-5-11-7(10)6-12-9-4-3-8/h4H,2,5-6H2,1H3. The minimum Gasteiger partial charge on any atom is -0.463 e. The predicted octanol–water partition coefficient (Wildman–Crippen LogP) is 0.466. The van der Waals surface area contributed by atoms with Crippen LogP contribution in [0.4, 0.5) is 0 Å². The molecule has 0 N–H and O–H groups in total. The molecule has 0 aliphatic heterocycles. The van der Waals surface area contributed by atoms with Gasteiger partial charge in [-0.2, -0.15) is 5.26 Å². The summed E-state index contributed by atoms with van der Waals surface area (Å²) >= 11 is 0. The van der Waals surface area contributed by atoms with Gasteiger partial charge >= 0.3 is 5.97 Å². The van der Waals surface area contributed by atoms with E-state index in [2.05, 4.69) is 14.7 Å². The lowest BCUT2D eigenvalue weighted by Crippen LogP contribution is -2.11. The second-order valence-corrected chi connectivity index (χ2v) is 1.86. The fourth-order valence-electron chi connectivity index (χ4n) is 0.408. The second-order valence-electron chi connectivity index (χ2n) is 1.86. The van der Waals surface area contributed by atoms with Gasteiger partial charge in [-0.05, 0) is 6.42 Å². The van der Waals surface area contributed by atoms with Crippen molar-refractivity contribution in [3.8, 4) is 6.07 Å². The summed E-state index contributed by atoms with van der Waals surface area (Å²) in [7, 11) is 0. The molecule has 5 nitrogen and oxygen atoms in total. The van der Waals surface area contributed by atoms with Gasteiger partial charge in [0, 0.05) is 0 Å². The molecule has 5 heteroatoms. The van der Waals surface area contributed by atoms with Crippen molar-refractivity contribution in [3.63, 3.8) is 0 Å². The Kier molecular flexibility index (Phi) is 6.55. The lowest BCUT2D eigenvalue weighted by Gasteiger charge is -1.99. The van der Waals surface area contributed by atoms with Crippen molar-refractivity contribution in [2.24, 2.45) is 5.16 Å². The quantitative estimate of drug-likeness (QED) is 0.341. The van der Waals surface area contributed by atoms with Gasteiger partial charge in [-0.25, -0.2) is 4.79 Å². The number of nitriles is 1. The first-order valence-electron chi connectivity index (χ1n) is 3.50. The van der Waals surface area contributed by atoms with Crippen molar-refractivity contribution in [2.45, 2.75) is 13.3 Å². The molecule has 0 rings (SSSR count). The van der Waals surface area contributed by atoms with E-state index in [0.29, 0.717) is 6.61 Å². The first-order valence-corrected chi connectivity index (χ1v) is 3.50. The van der Waals surface area contributed by atoms with E-state index >= 15 is 0 Å². The Morgan fingerprint density at radius 3 is 3.08 bits per heavy atom. The number of ether oxygens (including phenoxy) is 1. The van der Waals surface area contributed by atoms with E-state index in [1.807, 2.05) is 6.92 Å². The molecule has 0 aliphatic carbocycles. The van der Waals surface area contributed by atoms with E-state index in [1.54, 1.807) is 6.07 Å². The molecule has 0 saturated carbocycles. The Bertz CT molecular complexity index is 195. The second kappa shape index (κ2) is 7.54.